The van der Waals surface area contributed by atoms with Gasteiger partial charge in [0.25, 0.3) is 0 Å². The number of carbonyl (C=O) groups excluding carboxylic acids is 1. The third-order valence-corrected chi connectivity index (χ3v) is 7.52. The number of alkyl halides is 3. The van der Waals surface area contributed by atoms with Gasteiger partial charge in [0.15, 0.2) is 10.6 Å². The van der Waals surface area contributed by atoms with Gasteiger partial charge in [-0.3, -0.25) is 4.57 Å². The highest BCUT2D eigenvalue weighted by atomic mass is 32.1. The standard InChI is InChI=1S/C30H27F3N6O2S/c1-18-6-5-7-19(2)26(18)39-20(3)16-42-29(39)36-28(40)35-21(4)22-8-10-23(11-9-22)27-34-17-38(37-27)24-12-14-25(15-13-24)41-30(31,32)33/h5-17,21H,1-4H3,(H,35,40)/b36-29-. The zero-order valence-electron chi connectivity index (χ0n) is 23.2. The Morgan fingerprint density at radius 2 is 1.67 bits per heavy atom. The molecule has 0 bridgehead atoms. The number of aromatic nitrogens is 4. The fourth-order valence-corrected chi connectivity index (χ4v) is 5.39. The number of halogens is 3. The van der Waals surface area contributed by atoms with Crippen molar-refractivity contribution in [2.45, 2.75) is 40.1 Å². The summed E-state index contributed by atoms with van der Waals surface area (Å²) < 4.78 is 44.6. The molecule has 2 amide bonds. The van der Waals surface area contributed by atoms with Crippen LogP contribution in [0.2, 0.25) is 0 Å². The minimum atomic E-state index is -4.75. The molecule has 0 aliphatic rings. The Bertz CT molecular complexity index is 1770. The molecule has 0 aliphatic heterocycles. The van der Waals surface area contributed by atoms with Crippen molar-refractivity contribution in [3.05, 3.63) is 106 Å². The van der Waals surface area contributed by atoms with E-state index in [0.29, 0.717) is 16.3 Å². The van der Waals surface area contributed by atoms with E-state index in [9.17, 15) is 18.0 Å². The van der Waals surface area contributed by atoms with Gasteiger partial charge in [-0.15, -0.1) is 29.6 Å². The van der Waals surface area contributed by atoms with Gasteiger partial charge in [0, 0.05) is 16.6 Å². The van der Waals surface area contributed by atoms with Crippen LogP contribution in [0.25, 0.3) is 22.8 Å². The highest BCUT2D eigenvalue weighted by Crippen LogP contribution is 2.25. The number of nitrogens with zero attached hydrogens (tertiary/aromatic N) is 5. The topological polar surface area (TPSA) is 86.3 Å². The van der Waals surface area contributed by atoms with Crippen LogP contribution >= 0.6 is 11.3 Å². The first-order valence-corrected chi connectivity index (χ1v) is 13.8. The van der Waals surface area contributed by atoms with Gasteiger partial charge in [-0.25, -0.2) is 14.5 Å². The molecule has 1 unspecified atom stereocenters. The van der Waals surface area contributed by atoms with Crippen LogP contribution in [0, 0.1) is 20.8 Å². The largest absolute Gasteiger partial charge is 0.573 e. The molecule has 2 aromatic heterocycles. The average molecular weight is 593 g/mol. The highest BCUT2D eigenvalue weighted by Gasteiger charge is 2.31. The van der Waals surface area contributed by atoms with Crippen molar-refractivity contribution in [1.29, 1.82) is 0 Å². The number of para-hydroxylation sites is 1. The molecule has 216 valence electrons. The highest BCUT2D eigenvalue weighted by molar-refractivity contribution is 7.07. The van der Waals surface area contributed by atoms with Crippen LogP contribution in [-0.4, -0.2) is 31.7 Å². The molecule has 5 rings (SSSR count). The number of carbonyl (C=O) groups is 1. The molecule has 0 spiro atoms. The number of benzene rings is 3. The molecule has 0 saturated heterocycles. The van der Waals surface area contributed by atoms with Crippen LogP contribution in [0.15, 0.2) is 83.4 Å². The van der Waals surface area contributed by atoms with E-state index in [2.05, 4.69) is 25.1 Å². The molecule has 5 aromatic rings. The van der Waals surface area contributed by atoms with Crippen molar-refractivity contribution in [3.8, 4) is 28.5 Å². The third-order valence-electron chi connectivity index (χ3n) is 6.57. The van der Waals surface area contributed by atoms with E-state index in [0.717, 1.165) is 33.6 Å². The first-order valence-electron chi connectivity index (χ1n) is 13.0. The van der Waals surface area contributed by atoms with Crippen molar-refractivity contribution < 1.29 is 22.7 Å². The lowest BCUT2D eigenvalue weighted by atomic mass is 10.1. The molecule has 3 aromatic carbocycles. The van der Waals surface area contributed by atoms with E-state index in [-0.39, 0.29) is 11.8 Å². The van der Waals surface area contributed by atoms with E-state index < -0.39 is 12.4 Å². The van der Waals surface area contributed by atoms with Crippen molar-refractivity contribution in [3.63, 3.8) is 0 Å². The fourth-order valence-electron chi connectivity index (χ4n) is 4.53. The molecule has 2 heterocycles. The number of urea groups is 1. The fraction of sp³-hybridized carbons (Fsp3) is 0.200. The number of nitrogens with one attached hydrogen (secondary N) is 1. The molecule has 42 heavy (non-hydrogen) atoms. The number of rotatable bonds is 6. The monoisotopic (exact) mass is 592 g/mol. The average Bonchev–Trinajstić information content (AvgIpc) is 3.56. The van der Waals surface area contributed by atoms with E-state index in [1.54, 1.807) is 0 Å². The predicted molar refractivity (Wildman–Crippen MR) is 154 cm³/mol. The number of hydrogen-bond acceptors (Lipinski definition) is 5. The molecule has 12 heteroatoms. The van der Waals surface area contributed by atoms with E-state index in [4.69, 9.17) is 0 Å². The predicted octanol–water partition coefficient (Wildman–Crippen LogP) is 6.98. The second kappa shape index (κ2) is 11.6. The second-order valence-electron chi connectivity index (χ2n) is 9.69. The Morgan fingerprint density at radius 1 is 1.00 bits per heavy atom. The van der Waals surface area contributed by atoms with Crippen LogP contribution < -0.4 is 14.9 Å². The van der Waals surface area contributed by atoms with Crippen molar-refractivity contribution >= 4 is 17.4 Å². The SMILES string of the molecule is Cc1cccc(C)c1-n1c(C)cs/c1=N\C(=O)NC(C)c1ccc(-c2ncn(-c3ccc(OC(F)(F)F)cc3)n2)cc1. The maximum atomic E-state index is 12.9. The maximum Gasteiger partial charge on any atom is 0.573 e. The van der Waals surface area contributed by atoms with Gasteiger partial charge >= 0.3 is 12.4 Å². The van der Waals surface area contributed by atoms with Crippen LogP contribution in [0.1, 0.15) is 35.3 Å². The molecule has 1 N–H and O–H groups in total. The lowest BCUT2D eigenvalue weighted by Crippen LogP contribution is -2.27. The second-order valence-corrected chi connectivity index (χ2v) is 10.5. The summed E-state index contributed by atoms with van der Waals surface area (Å²) in [7, 11) is 0. The molecule has 0 saturated carbocycles. The summed E-state index contributed by atoms with van der Waals surface area (Å²) >= 11 is 1.41. The van der Waals surface area contributed by atoms with E-state index >= 15 is 0 Å². The van der Waals surface area contributed by atoms with Gasteiger partial charge in [-0.1, -0.05) is 42.5 Å². The Labute approximate surface area is 243 Å². The van der Waals surface area contributed by atoms with Crippen molar-refractivity contribution in [2.24, 2.45) is 4.99 Å². The van der Waals surface area contributed by atoms with Gasteiger partial charge in [-0.05, 0) is 68.7 Å². The van der Waals surface area contributed by atoms with Gasteiger partial charge < -0.3 is 10.1 Å². The maximum absolute atomic E-state index is 12.9. The molecule has 0 radical (unpaired) electrons. The van der Waals surface area contributed by atoms with Gasteiger partial charge in [-0.2, -0.15) is 4.99 Å². The quantitative estimate of drug-likeness (QED) is 0.231. The Balaban J connectivity index is 1.28. The Kier molecular flexibility index (Phi) is 7.99. The molecule has 0 fully saturated rings. The number of ether oxygens (including phenoxy) is 1. The summed E-state index contributed by atoms with van der Waals surface area (Å²) in [5, 5.41) is 9.34. The molecular formula is C30H27F3N6O2S. The number of hydrogen-bond donors (Lipinski definition) is 1. The van der Waals surface area contributed by atoms with E-state index in [1.165, 1.54) is 46.6 Å². The van der Waals surface area contributed by atoms with E-state index in [1.807, 2.05) is 80.1 Å². The van der Waals surface area contributed by atoms with Crippen LogP contribution in [0.3, 0.4) is 0 Å². The van der Waals surface area contributed by atoms with Crippen LogP contribution in [0.5, 0.6) is 5.75 Å². The molecule has 1 atom stereocenters. The lowest BCUT2D eigenvalue weighted by molar-refractivity contribution is -0.274. The lowest BCUT2D eigenvalue weighted by Gasteiger charge is -2.14. The number of amides is 2. The number of thiazole rings is 1. The summed E-state index contributed by atoms with van der Waals surface area (Å²) in [5.41, 5.74) is 6.35. The van der Waals surface area contributed by atoms with Crippen LogP contribution in [-0.2, 0) is 0 Å². The zero-order valence-corrected chi connectivity index (χ0v) is 24.0. The molecule has 0 aliphatic carbocycles. The van der Waals surface area contributed by atoms with Crippen LogP contribution in [0.4, 0.5) is 18.0 Å². The molecule has 8 nitrogen and oxygen atoms in total. The third kappa shape index (κ3) is 6.44. The summed E-state index contributed by atoms with van der Waals surface area (Å²) in [6, 6.07) is 18.1. The Hall–Kier alpha value is -4.71. The first-order chi connectivity index (χ1) is 20.0. The normalized spacial score (nSPS) is 12.8. The summed E-state index contributed by atoms with van der Waals surface area (Å²) in [4.78, 5) is 22.2. The van der Waals surface area contributed by atoms with Gasteiger partial charge in [0.05, 0.1) is 17.4 Å². The number of aryl methyl sites for hydroxylation is 3. The first kappa shape index (κ1) is 28.8. The van der Waals surface area contributed by atoms with Gasteiger partial charge in [0.2, 0.25) is 0 Å². The minimum absolute atomic E-state index is 0.312. The van der Waals surface area contributed by atoms with Crippen molar-refractivity contribution in [2.75, 3.05) is 0 Å². The Morgan fingerprint density at radius 3 is 2.31 bits per heavy atom. The van der Waals surface area contributed by atoms with Crippen molar-refractivity contribution in [1.82, 2.24) is 24.6 Å². The van der Waals surface area contributed by atoms with Gasteiger partial charge in [0.1, 0.15) is 12.1 Å². The smallest absolute Gasteiger partial charge is 0.406 e. The summed E-state index contributed by atoms with van der Waals surface area (Å²) in [6.45, 7) is 7.94. The minimum Gasteiger partial charge on any atom is -0.406 e. The zero-order chi connectivity index (χ0) is 30.0. The summed E-state index contributed by atoms with van der Waals surface area (Å²) in [5.74, 6) is 0.121. The molecular weight excluding hydrogens is 565 g/mol. The summed E-state index contributed by atoms with van der Waals surface area (Å²) in [6.07, 6.45) is -3.28.